The second-order valence-electron chi connectivity index (χ2n) is 5.98. The number of methoxy groups -OCH3 is 2. The average Bonchev–Trinajstić information content (AvgIpc) is 3.47. The molecule has 3 aromatic rings. The molecule has 7 nitrogen and oxygen atoms in total. The molecule has 0 radical (unpaired) electrons. The average molecular weight is 366 g/mol. The number of amides is 1. The number of hydrogen-bond acceptors (Lipinski definition) is 6. The standard InChI is InChI=1S/C20H18N2O5/c1-24-13-7-8-14(19(11-13)25-2)15-12-16(17-5-3-9-26-17)22(21-15)20(23)18-6-4-10-27-18/h3-11,16H,12H2,1-2H3/t16-/m0/s1. The molecule has 1 atom stereocenters. The fourth-order valence-electron chi connectivity index (χ4n) is 3.11. The van der Waals surface area contributed by atoms with E-state index in [2.05, 4.69) is 5.10 Å². The highest BCUT2D eigenvalue weighted by molar-refractivity contribution is 6.06. The van der Waals surface area contributed by atoms with Crippen LogP contribution in [0.3, 0.4) is 0 Å². The van der Waals surface area contributed by atoms with Gasteiger partial charge in [-0.05, 0) is 36.4 Å². The Morgan fingerprint density at radius 1 is 1.11 bits per heavy atom. The lowest BCUT2D eigenvalue weighted by Crippen LogP contribution is -2.26. The highest BCUT2D eigenvalue weighted by atomic mass is 16.5. The molecule has 3 heterocycles. The molecule has 0 bridgehead atoms. The number of benzene rings is 1. The number of hydrazone groups is 1. The summed E-state index contributed by atoms with van der Waals surface area (Å²) < 4.78 is 21.5. The van der Waals surface area contributed by atoms with Crippen LogP contribution >= 0.6 is 0 Å². The molecule has 1 aliphatic rings. The lowest BCUT2D eigenvalue weighted by Gasteiger charge is -2.18. The number of hydrogen-bond donors (Lipinski definition) is 0. The fraction of sp³-hybridized carbons (Fsp3) is 0.200. The molecule has 1 aromatic carbocycles. The van der Waals surface area contributed by atoms with Gasteiger partial charge in [0.15, 0.2) is 5.76 Å². The van der Waals surface area contributed by atoms with Gasteiger partial charge in [0, 0.05) is 18.1 Å². The zero-order valence-electron chi connectivity index (χ0n) is 14.9. The first-order valence-electron chi connectivity index (χ1n) is 8.41. The van der Waals surface area contributed by atoms with Crippen molar-refractivity contribution in [3.63, 3.8) is 0 Å². The quantitative estimate of drug-likeness (QED) is 0.685. The number of furan rings is 2. The van der Waals surface area contributed by atoms with Crippen molar-refractivity contribution >= 4 is 11.6 Å². The highest BCUT2D eigenvalue weighted by Crippen LogP contribution is 2.37. The lowest BCUT2D eigenvalue weighted by molar-refractivity contribution is 0.0660. The molecule has 0 fully saturated rings. The maximum atomic E-state index is 12.9. The van der Waals surface area contributed by atoms with E-state index >= 15 is 0 Å². The number of ether oxygens (including phenoxy) is 2. The zero-order valence-corrected chi connectivity index (χ0v) is 14.9. The van der Waals surface area contributed by atoms with Gasteiger partial charge in [-0.25, -0.2) is 5.01 Å². The molecule has 1 aliphatic heterocycles. The molecular weight excluding hydrogens is 348 g/mol. The summed E-state index contributed by atoms with van der Waals surface area (Å²) in [7, 11) is 3.18. The normalized spacial score (nSPS) is 16.3. The van der Waals surface area contributed by atoms with Crippen molar-refractivity contribution in [1.29, 1.82) is 0 Å². The van der Waals surface area contributed by atoms with E-state index in [0.717, 1.165) is 11.3 Å². The smallest absolute Gasteiger partial charge is 0.310 e. The summed E-state index contributed by atoms with van der Waals surface area (Å²) in [4.78, 5) is 12.9. The van der Waals surface area contributed by atoms with Crippen LogP contribution in [0.5, 0.6) is 11.5 Å². The molecule has 0 aliphatic carbocycles. The Labute approximate surface area is 155 Å². The first-order valence-corrected chi connectivity index (χ1v) is 8.41. The lowest BCUT2D eigenvalue weighted by atomic mass is 10.0. The second-order valence-corrected chi connectivity index (χ2v) is 5.98. The molecule has 7 heteroatoms. The maximum absolute atomic E-state index is 12.9. The largest absolute Gasteiger partial charge is 0.497 e. The van der Waals surface area contributed by atoms with Crippen molar-refractivity contribution in [1.82, 2.24) is 5.01 Å². The van der Waals surface area contributed by atoms with Gasteiger partial charge in [0.25, 0.3) is 0 Å². The van der Waals surface area contributed by atoms with Crippen molar-refractivity contribution in [3.8, 4) is 11.5 Å². The van der Waals surface area contributed by atoms with Gasteiger partial charge in [0.2, 0.25) is 0 Å². The van der Waals surface area contributed by atoms with E-state index in [9.17, 15) is 4.79 Å². The topological polar surface area (TPSA) is 77.4 Å². The molecule has 27 heavy (non-hydrogen) atoms. The third-order valence-electron chi connectivity index (χ3n) is 4.44. The fourth-order valence-corrected chi connectivity index (χ4v) is 3.11. The van der Waals surface area contributed by atoms with Crippen molar-refractivity contribution < 1.29 is 23.1 Å². The predicted molar refractivity (Wildman–Crippen MR) is 97.0 cm³/mol. The third-order valence-corrected chi connectivity index (χ3v) is 4.44. The van der Waals surface area contributed by atoms with Crippen molar-refractivity contribution in [2.24, 2.45) is 5.10 Å². The number of carbonyl (C=O) groups excluding carboxylic acids is 1. The Hall–Kier alpha value is -3.48. The Morgan fingerprint density at radius 3 is 2.59 bits per heavy atom. The first-order chi connectivity index (χ1) is 13.2. The summed E-state index contributed by atoms with van der Waals surface area (Å²) in [5.41, 5.74) is 1.51. The predicted octanol–water partition coefficient (Wildman–Crippen LogP) is 3.88. The summed E-state index contributed by atoms with van der Waals surface area (Å²) in [5.74, 6) is 1.85. The molecule has 0 N–H and O–H groups in total. The van der Waals surface area contributed by atoms with Crippen LogP contribution in [0.25, 0.3) is 0 Å². The molecule has 4 rings (SSSR count). The van der Waals surface area contributed by atoms with Crippen LogP contribution in [0, 0.1) is 0 Å². The van der Waals surface area contributed by atoms with Crippen molar-refractivity contribution in [2.45, 2.75) is 12.5 Å². The molecule has 138 valence electrons. The van der Waals surface area contributed by atoms with Gasteiger partial charge in [-0.3, -0.25) is 4.79 Å². The van der Waals surface area contributed by atoms with Gasteiger partial charge in [0.05, 0.1) is 32.5 Å². The minimum atomic E-state index is -0.362. The van der Waals surface area contributed by atoms with Crippen LogP contribution in [0.2, 0.25) is 0 Å². The zero-order chi connectivity index (χ0) is 18.8. The molecule has 0 unspecified atom stereocenters. The van der Waals surface area contributed by atoms with E-state index in [4.69, 9.17) is 18.3 Å². The van der Waals surface area contributed by atoms with Gasteiger partial charge < -0.3 is 18.3 Å². The summed E-state index contributed by atoms with van der Waals surface area (Å²) in [6.45, 7) is 0. The van der Waals surface area contributed by atoms with Gasteiger partial charge in [-0.1, -0.05) is 0 Å². The van der Waals surface area contributed by atoms with Crippen molar-refractivity contribution in [3.05, 3.63) is 72.1 Å². The molecule has 0 spiro atoms. The summed E-state index contributed by atoms with van der Waals surface area (Å²) in [6.07, 6.45) is 3.53. The van der Waals surface area contributed by atoms with Crippen LogP contribution in [0.4, 0.5) is 0 Å². The molecule has 1 amide bonds. The van der Waals surface area contributed by atoms with E-state index in [-0.39, 0.29) is 17.7 Å². The molecule has 0 saturated heterocycles. The van der Waals surface area contributed by atoms with Crippen molar-refractivity contribution in [2.75, 3.05) is 14.2 Å². The van der Waals surface area contributed by atoms with Gasteiger partial charge in [-0.15, -0.1) is 0 Å². The Bertz CT molecular complexity index is 960. The van der Waals surface area contributed by atoms with Crippen LogP contribution in [0.15, 0.2) is 68.9 Å². The molecule has 0 saturated carbocycles. The summed E-state index contributed by atoms with van der Waals surface area (Å²) in [5, 5.41) is 5.97. The van der Waals surface area contributed by atoms with E-state index in [1.165, 1.54) is 11.3 Å². The molecular formula is C20H18N2O5. The minimum absolute atomic E-state index is 0.221. The van der Waals surface area contributed by atoms with E-state index in [1.807, 2.05) is 18.2 Å². The highest BCUT2D eigenvalue weighted by Gasteiger charge is 2.37. The summed E-state index contributed by atoms with van der Waals surface area (Å²) >= 11 is 0. The van der Waals surface area contributed by atoms with Gasteiger partial charge >= 0.3 is 5.91 Å². The third kappa shape index (κ3) is 3.08. The second kappa shape index (κ2) is 7.03. The van der Waals surface area contributed by atoms with Crippen LogP contribution in [-0.2, 0) is 0 Å². The van der Waals surface area contributed by atoms with E-state index in [0.29, 0.717) is 23.7 Å². The number of rotatable bonds is 5. The van der Waals surface area contributed by atoms with Gasteiger partial charge in [0.1, 0.15) is 23.3 Å². The van der Waals surface area contributed by atoms with E-state index in [1.54, 1.807) is 44.7 Å². The summed E-state index contributed by atoms with van der Waals surface area (Å²) in [6, 6.07) is 12.0. The monoisotopic (exact) mass is 366 g/mol. The number of nitrogens with zero attached hydrogens (tertiary/aromatic N) is 2. The molecule has 2 aromatic heterocycles. The Morgan fingerprint density at radius 2 is 1.93 bits per heavy atom. The SMILES string of the molecule is COc1ccc(C2=NN(C(=O)c3ccco3)[C@H](c3ccco3)C2)c(OC)c1. The van der Waals surface area contributed by atoms with Crippen LogP contribution in [-0.4, -0.2) is 30.8 Å². The Balaban J connectivity index is 1.74. The first kappa shape index (κ1) is 17.0. The van der Waals surface area contributed by atoms with Crippen LogP contribution in [0.1, 0.15) is 34.3 Å². The maximum Gasteiger partial charge on any atom is 0.310 e. The number of carbonyl (C=O) groups is 1. The Kier molecular flexibility index (Phi) is 4.42. The van der Waals surface area contributed by atoms with Gasteiger partial charge in [-0.2, -0.15) is 5.10 Å². The van der Waals surface area contributed by atoms with Crippen LogP contribution < -0.4 is 9.47 Å². The van der Waals surface area contributed by atoms with E-state index < -0.39 is 0 Å². The minimum Gasteiger partial charge on any atom is -0.497 e.